The molecule has 3 amide bonds. The van der Waals surface area contributed by atoms with Crippen molar-refractivity contribution in [3.63, 3.8) is 0 Å². The van der Waals surface area contributed by atoms with Crippen molar-refractivity contribution in [2.75, 3.05) is 5.75 Å². The van der Waals surface area contributed by atoms with Gasteiger partial charge in [0.2, 0.25) is 11.8 Å². The predicted octanol–water partition coefficient (Wildman–Crippen LogP) is 4.80. The Labute approximate surface area is 216 Å². The molecule has 1 saturated carbocycles. The molecule has 0 aromatic heterocycles. The molecule has 1 aliphatic rings. The van der Waals surface area contributed by atoms with Gasteiger partial charge in [-0.3, -0.25) is 9.59 Å². The van der Waals surface area contributed by atoms with E-state index in [1.165, 1.54) is 0 Å². The van der Waals surface area contributed by atoms with Crippen LogP contribution in [0.1, 0.15) is 90.8 Å². The van der Waals surface area contributed by atoms with Crippen LogP contribution in [0.4, 0.5) is 4.79 Å². The van der Waals surface area contributed by atoms with Crippen LogP contribution in [0.2, 0.25) is 0 Å². The first-order chi connectivity index (χ1) is 16.5. The molecule has 0 bridgehead atoms. The highest BCUT2D eigenvalue weighted by Gasteiger charge is 2.41. The minimum Gasteiger partial charge on any atom is -0.444 e. The van der Waals surface area contributed by atoms with Crippen LogP contribution in [0.5, 0.6) is 0 Å². The van der Waals surface area contributed by atoms with E-state index in [1.807, 2.05) is 31.2 Å². The highest BCUT2D eigenvalue weighted by molar-refractivity contribution is 7.80. The van der Waals surface area contributed by atoms with E-state index in [2.05, 4.69) is 37.1 Å². The summed E-state index contributed by atoms with van der Waals surface area (Å²) in [6, 6.07) is 6.09. The molecule has 1 aliphatic carbocycles. The van der Waals surface area contributed by atoms with Crippen LogP contribution in [0.3, 0.4) is 0 Å². The molecule has 0 heterocycles. The quantitative estimate of drug-likeness (QED) is 0.377. The van der Waals surface area contributed by atoms with Gasteiger partial charge >= 0.3 is 6.09 Å². The summed E-state index contributed by atoms with van der Waals surface area (Å²) in [6.45, 7) is 11.4. The topological polar surface area (TPSA) is 87.7 Å². The van der Waals surface area contributed by atoms with E-state index < -0.39 is 23.8 Å². The number of nitrogens with one attached hydrogen (secondary N) is 2. The highest BCUT2D eigenvalue weighted by Crippen LogP contribution is 2.34. The minimum atomic E-state index is -0.910. The fraction of sp³-hybridized carbons (Fsp3) is 0.667. The normalized spacial score (nSPS) is 16.4. The molecule has 3 atom stereocenters. The Morgan fingerprint density at radius 1 is 1.11 bits per heavy atom. The van der Waals surface area contributed by atoms with Crippen LogP contribution in [-0.4, -0.2) is 52.3 Å². The molecule has 35 heavy (non-hydrogen) atoms. The lowest BCUT2D eigenvalue weighted by Crippen LogP contribution is -2.58. The van der Waals surface area contributed by atoms with Crippen LogP contribution in [-0.2, 0) is 20.7 Å². The first-order valence-corrected chi connectivity index (χ1v) is 13.5. The second kappa shape index (κ2) is 13.2. The van der Waals surface area contributed by atoms with Crippen LogP contribution < -0.4 is 10.6 Å². The summed E-state index contributed by atoms with van der Waals surface area (Å²) < 4.78 is 5.36. The van der Waals surface area contributed by atoms with Gasteiger partial charge in [0.25, 0.3) is 0 Å². The lowest BCUT2D eigenvalue weighted by molar-refractivity contribution is -0.147. The lowest BCUT2D eigenvalue weighted by atomic mass is 9.88. The smallest absolute Gasteiger partial charge is 0.408 e. The number of hydrogen-bond acceptors (Lipinski definition) is 5. The number of amides is 3. The Bertz CT molecular complexity index is 849. The van der Waals surface area contributed by atoms with Crippen LogP contribution in [0.25, 0.3) is 0 Å². The number of hydrogen-bond donors (Lipinski definition) is 3. The summed E-state index contributed by atoms with van der Waals surface area (Å²) in [4.78, 5) is 41.7. The zero-order valence-corrected chi connectivity index (χ0v) is 23.0. The third-order valence-electron chi connectivity index (χ3n) is 6.23. The molecule has 1 aromatic carbocycles. The van der Waals surface area contributed by atoms with Gasteiger partial charge in [0, 0.05) is 17.8 Å². The van der Waals surface area contributed by atoms with E-state index >= 15 is 0 Å². The summed E-state index contributed by atoms with van der Waals surface area (Å²) >= 11 is 4.35. The number of carbonyl (C=O) groups is 3. The third-order valence-corrected chi connectivity index (χ3v) is 6.60. The maximum atomic E-state index is 13.9. The van der Waals surface area contributed by atoms with E-state index in [-0.39, 0.29) is 29.7 Å². The number of carbonyl (C=O) groups excluding carboxylic acids is 3. The summed E-state index contributed by atoms with van der Waals surface area (Å²) in [6.07, 6.45) is 4.64. The molecular weight excluding hydrogens is 462 g/mol. The SMILES string of the molecule is CCCC(C)NC(=O)C(c1ccc(CC)cc1)N(C(=O)C(CS)NC(=O)OC(C)(C)C)C1CCC1. The summed E-state index contributed by atoms with van der Waals surface area (Å²) in [5.41, 5.74) is 1.23. The molecule has 2 N–H and O–H groups in total. The number of nitrogens with zero attached hydrogens (tertiary/aromatic N) is 1. The Kier molecular flexibility index (Phi) is 10.9. The maximum absolute atomic E-state index is 13.9. The van der Waals surface area contributed by atoms with E-state index in [0.717, 1.165) is 49.7 Å². The molecule has 3 unspecified atom stereocenters. The van der Waals surface area contributed by atoms with Crippen LogP contribution in [0.15, 0.2) is 24.3 Å². The third kappa shape index (κ3) is 8.44. The van der Waals surface area contributed by atoms with E-state index in [0.29, 0.717) is 0 Å². The molecule has 7 nitrogen and oxygen atoms in total. The number of rotatable bonds is 11. The van der Waals surface area contributed by atoms with Crippen molar-refractivity contribution in [3.05, 3.63) is 35.4 Å². The molecule has 196 valence electrons. The van der Waals surface area contributed by atoms with Crippen molar-refractivity contribution in [3.8, 4) is 0 Å². The second-order valence-electron chi connectivity index (χ2n) is 10.4. The molecule has 0 saturated heterocycles. The number of alkyl carbamates (subject to hydrolysis) is 1. The summed E-state index contributed by atoms with van der Waals surface area (Å²) in [5, 5.41) is 5.78. The van der Waals surface area contributed by atoms with Gasteiger partial charge in [-0.1, -0.05) is 44.5 Å². The molecule has 8 heteroatoms. The monoisotopic (exact) mass is 505 g/mol. The Morgan fingerprint density at radius 2 is 1.74 bits per heavy atom. The van der Waals surface area contributed by atoms with Gasteiger partial charge in [0.05, 0.1) is 0 Å². The molecule has 0 radical (unpaired) electrons. The highest BCUT2D eigenvalue weighted by atomic mass is 32.1. The number of aryl methyl sites for hydroxylation is 1. The van der Waals surface area contributed by atoms with Crippen molar-refractivity contribution in [1.82, 2.24) is 15.5 Å². The predicted molar refractivity (Wildman–Crippen MR) is 143 cm³/mol. The zero-order valence-electron chi connectivity index (χ0n) is 22.1. The van der Waals surface area contributed by atoms with Gasteiger partial charge in [0.15, 0.2) is 0 Å². The Hall–Kier alpha value is -2.22. The summed E-state index contributed by atoms with van der Waals surface area (Å²) in [7, 11) is 0. The lowest BCUT2D eigenvalue weighted by Gasteiger charge is -2.43. The number of thiol groups is 1. The van der Waals surface area contributed by atoms with Crippen LogP contribution in [0, 0.1) is 0 Å². The van der Waals surface area contributed by atoms with E-state index in [1.54, 1.807) is 25.7 Å². The van der Waals surface area contributed by atoms with Crippen molar-refractivity contribution >= 4 is 30.5 Å². The van der Waals surface area contributed by atoms with Crippen molar-refractivity contribution in [2.24, 2.45) is 0 Å². The molecule has 2 rings (SSSR count). The van der Waals surface area contributed by atoms with Gasteiger partial charge in [0.1, 0.15) is 17.7 Å². The van der Waals surface area contributed by atoms with Gasteiger partial charge in [-0.05, 0) is 70.9 Å². The molecular formula is C27H43N3O4S. The second-order valence-corrected chi connectivity index (χ2v) is 10.8. The average molecular weight is 506 g/mol. The van der Waals surface area contributed by atoms with Crippen molar-refractivity contribution in [2.45, 2.75) is 110 Å². The zero-order chi connectivity index (χ0) is 26.2. The largest absolute Gasteiger partial charge is 0.444 e. The minimum absolute atomic E-state index is 0.0104. The van der Waals surface area contributed by atoms with Crippen molar-refractivity contribution in [1.29, 1.82) is 0 Å². The fourth-order valence-corrected chi connectivity index (χ4v) is 4.45. The van der Waals surface area contributed by atoms with Gasteiger partial charge < -0.3 is 20.3 Å². The number of benzene rings is 1. The van der Waals surface area contributed by atoms with E-state index in [9.17, 15) is 14.4 Å². The van der Waals surface area contributed by atoms with E-state index in [4.69, 9.17) is 4.74 Å². The Morgan fingerprint density at radius 3 is 2.20 bits per heavy atom. The fourth-order valence-electron chi connectivity index (χ4n) is 4.20. The maximum Gasteiger partial charge on any atom is 0.408 e. The standard InChI is InChI=1S/C27H43N3O4S/c1-7-10-18(3)28-24(31)23(20-15-13-19(8-2)14-16-20)30(21-11-9-12-21)25(32)22(17-35)29-26(33)34-27(4,5)6/h13-16,18,21-23,35H,7-12,17H2,1-6H3,(H,28,31)(H,29,33). The summed E-state index contributed by atoms with van der Waals surface area (Å²) in [5.74, 6) is -0.430. The first-order valence-electron chi connectivity index (χ1n) is 12.8. The van der Waals surface area contributed by atoms with Gasteiger partial charge in [-0.2, -0.15) is 12.6 Å². The molecule has 0 aliphatic heterocycles. The molecule has 1 fully saturated rings. The Balaban J connectivity index is 2.42. The van der Waals surface area contributed by atoms with Crippen LogP contribution >= 0.6 is 12.6 Å². The van der Waals surface area contributed by atoms with Crippen molar-refractivity contribution < 1.29 is 19.1 Å². The molecule has 1 aromatic rings. The first kappa shape index (κ1) is 29.0. The molecule has 0 spiro atoms. The number of ether oxygens (including phenoxy) is 1. The van der Waals surface area contributed by atoms with Gasteiger partial charge in [-0.25, -0.2) is 4.79 Å². The van der Waals surface area contributed by atoms with Gasteiger partial charge in [-0.15, -0.1) is 0 Å². The average Bonchev–Trinajstić information content (AvgIpc) is 2.74.